The maximum atomic E-state index is 3.99. The van der Waals surface area contributed by atoms with Gasteiger partial charge in [-0.2, -0.15) is 0 Å². The van der Waals surface area contributed by atoms with E-state index in [0.717, 1.165) is 12.2 Å². The van der Waals surface area contributed by atoms with Crippen LogP contribution in [0.4, 0.5) is 0 Å². The Balaban J connectivity index is 1.90. The molecule has 15 heavy (non-hydrogen) atoms. The minimum atomic E-state index is 0.316. The average molecular weight is 202 g/mol. The van der Waals surface area contributed by atoms with Crippen molar-refractivity contribution in [3.63, 3.8) is 0 Å². The summed E-state index contributed by atoms with van der Waals surface area (Å²) in [6.07, 6.45) is 7.13. The van der Waals surface area contributed by atoms with Gasteiger partial charge in [-0.05, 0) is 24.6 Å². The van der Waals surface area contributed by atoms with Gasteiger partial charge in [0.1, 0.15) is 0 Å². The molecular weight excluding hydrogens is 188 g/mol. The standard InChI is InChI=1S/C11H14N4/c1-9(10-2-4-12-5-3-10)14-7-11-6-13-8-15-11/h2-6,8-9,14H,7H2,1H3,(H,13,15). The topological polar surface area (TPSA) is 53.6 Å². The Morgan fingerprint density at radius 3 is 2.80 bits per heavy atom. The lowest BCUT2D eigenvalue weighted by Gasteiger charge is -2.12. The summed E-state index contributed by atoms with van der Waals surface area (Å²) in [6.45, 7) is 2.93. The number of imidazole rings is 1. The first-order valence-corrected chi connectivity index (χ1v) is 4.97. The highest BCUT2D eigenvalue weighted by Gasteiger charge is 2.03. The van der Waals surface area contributed by atoms with Crippen molar-refractivity contribution in [1.29, 1.82) is 0 Å². The van der Waals surface area contributed by atoms with Crippen LogP contribution in [0.15, 0.2) is 37.1 Å². The number of nitrogens with one attached hydrogen (secondary N) is 2. The summed E-state index contributed by atoms with van der Waals surface area (Å²) >= 11 is 0. The summed E-state index contributed by atoms with van der Waals surface area (Å²) in [7, 11) is 0. The quantitative estimate of drug-likeness (QED) is 0.792. The number of hydrogen-bond donors (Lipinski definition) is 2. The monoisotopic (exact) mass is 202 g/mol. The van der Waals surface area contributed by atoms with Crippen LogP contribution in [0, 0.1) is 0 Å². The lowest BCUT2D eigenvalue weighted by atomic mass is 10.1. The van der Waals surface area contributed by atoms with Crippen LogP contribution in [0.25, 0.3) is 0 Å². The maximum absolute atomic E-state index is 3.99. The minimum Gasteiger partial charge on any atom is -0.347 e. The van der Waals surface area contributed by atoms with E-state index in [0.29, 0.717) is 6.04 Å². The first-order chi connectivity index (χ1) is 7.36. The molecule has 0 aliphatic carbocycles. The van der Waals surface area contributed by atoms with Gasteiger partial charge in [-0.1, -0.05) is 0 Å². The van der Waals surface area contributed by atoms with E-state index in [1.807, 2.05) is 30.7 Å². The molecule has 2 aromatic heterocycles. The number of aromatic amines is 1. The van der Waals surface area contributed by atoms with Crippen LogP contribution in [0.5, 0.6) is 0 Å². The zero-order chi connectivity index (χ0) is 10.5. The molecule has 2 heterocycles. The second-order valence-corrected chi connectivity index (χ2v) is 3.46. The van der Waals surface area contributed by atoms with Gasteiger partial charge in [0.05, 0.1) is 6.33 Å². The largest absolute Gasteiger partial charge is 0.347 e. The zero-order valence-electron chi connectivity index (χ0n) is 8.64. The SMILES string of the molecule is CC(NCc1cnc[nH]1)c1ccncc1. The van der Waals surface area contributed by atoms with Crippen molar-refractivity contribution >= 4 is 0 Å². The van der Waals surface area contributed by atoms with Crippen LogP contribution in [-0.2, 0) is 6.54 Å². The van der Waals surface area contributed by atoms with Gasteiger partial charge in [-0.25, -0.2) is 4.98 Å². The highest BCUT2D eigenvalue weighted by molar-refractivity contribution is 5.14. The molecule has 2 aromatic rings. The third-order valence-electron chi connectivity index (χ3n) is 2.36. The predicted octanol–water partition coefficient (Wildman–Crippen LogP) is 1.66. The molecule has 0 fully saturated rings. The van der Waals surface area contributed by atoms with Crippen molar-refractivity contribution in [2.45, 2.75) is 19.5 Å². The van der Waals surface area contributed by atoms with E-state index in [2.05, 4.69) is 27.2 Å². The van der Waals surface area contributed by atoms with Crippen molar-refractivity contribution in [3.05, 3.63) is 48.3 Å². The summed E-state index contributed by atoms with van der Waals surface area (Å²) in [5, 5.41) is 3.40. The van der Waals surface area contributed by atoms with Gasteiger partial charge in [-0.3, -0.25) is 4.98 Å². The fourth-order valence-corrected chi connectivity index (χ4v) is 1.41. The molecule has 2 rings (SSSR count). The first-order valence-electron chi connectivity index (χ1n) is 4.97. The third kappa shape index (κ3) is 2.63. The molecule has 0 aliphatic heterocycles. The Bertz CT molecular complexity index is 382. The molecule has 0 aliphatic rings. The van der Waals surface area contributed by atoms with Crippen molar-refractivity contribution in [2.75, 3.05) is 0 Å². The lowest BCUT2D eigenvalue weighted by molar-refractivity contribution is 0.568. The fourth-order valence-electron chi connectivity index (χ4n) is 1.41. The van der Waals surface area contributed by atoms with Gasteiger partial charge in [0, 0.05) is 36.9 Å². The highest BCUT2D eigenvalue weighted by atomic mass is 15.0. The maximum Gasteiger partial charge on any atom is 0.0922 e. The van der Waals surface area contributed by atoms with E-state index in [1.165, 1.54) is 5.56 Å². The normalized spacial score (nSPS) is 12.6. The van der Waals surface area contributed by atoms with Gasteiger partial charge in [0.15, 0.2) is 0 Å². The second-order valence-electron chi connectivity index (χ2n) is 3.46. The molecule has 0 spiro atoms. The average Bonchev–Trinajstić information content (AvgIpc) is 2.80. The van der Waals surface area contributed by atoms with E-state index in [1.54, 1.807) is 6.33 Å². The Labute approximate surface area is 88.8 Å². The smallest absolute Gasteiger partial charge is 0.0922 e. The molecule has 78 valence electrons. The molecule has 4 nitrogen and oxygen atoms in total. The van der Waals surface area contributed by atoms with Crippen LogP contribution < -0.4 is 5.32 Å². The summed E-state index contributed by atoms with van der Waals surface area (Å²) in [5.41, 5.74) is 2.33. The van der Waals surface area contributed by atoms with Crippen molar-refractivity contribution in [3.8, 4) is 0 Å². The number of H-pyrrole nitrogens is 1. The summed E-state index contributed by atoms with van der Waals surface area (Å²) < 4.78 is 0. The van der Waals surface area contributed by atoms with E-state index < -0.39 is 0 Å². The zero-order valence-corrected chi connectivity index (χ0v) is 8.64. The molecule has 1 unspecified atom stereocenters. The van der Waals surface area contributed by atoms with Gasteiger partial charge >= 0.3 is 0 Å². The summed E-state index contributed by atoms with van der Waals surface area (Å²) in [5.74, 6) is 0. The minimum absolute atomic E-state index is 0.316. The summed E-state index contributed by atoms with van der Waals surface area (Å²) in [4.78, 5) is 11.0. The molecule has 0 saturated heterocycles. The molecule has 0 radical (unpaired) electrons. The molecule has 1 atom stereocenters. The second kappa shape index (κ2) is 4.70. The predicted molar refractivity (Wildman–Crippen MR) is 58.1 cm³/mol. The van der Waals surface area contributed by atoms with Crippen LogP contribution in [0.2, 0.25) is 0 Å². The van der Waals surface area contributed by atoms with Crippen LogP contribution in [0.3, 0.4) is 0 Å². The number of hydrogen-bond acceptors (Lipinski definition) is 3. The Kier molecular flexibility index (Phi) is 3.09. The van der Waals surface area contributed by atoms with E-state index in [4.69, 9.17) is 0 Å². The molecule has 0 amide bonds. The molecule has 2 N–H and O–H groups in total. The van der Waals surface area contributed by atoms with Gasteiger partial charge in [-0.15, -0.1) is 0 Å². The number of pyridine rings is 1. The number of rotatable bonds is 4. The van der Waals surface area contributed by atoms with Crippen molar-refractivity contribution < 1.29 is 0 Å². The fraction of sp³-hybridized carbons (Fsp3) is 0.273. The molecular formula is C11H14N4. The number of nitrogens with zero attached hydrogens (tertiary/aromatic N) is 2. The first kappa shape index (κ1) is 9.86. The molecule has 0 saturated carbocycles. The Morgan fingerprint density at radius 2 is 2.13 bits per heavy atom. The Morgan fingerprint density at radius 1 is 1.33 bits per heavy atom. The highest BCUT2D eigenvalue weighted by Crippen LogP contribution is 2.10. The van der Waals surface area contributed by atoms with E-state index in [-0.39, 0.29) is 0 Å². The lowest BCUT2D eigenvalue weighted by Crippen LogP contribution is -2.18. The van der Waals surface area contributed by atoms with Gasteiger partial charge < -0.3 is 10.3 Å². The van der Waals surface area contributed by atoms with Gasteiger partial charge in [0.2, 0.25) is 0 Å². The van der Waals surface area contributed by atoms with Crippen molar-refractivity contribution in [2.24, 2.45) is 0 Å². The molecule has 4 heteroatoms. The van der Waals surface area contributed by atoms with E-state index in [9.17, 15) is 0 Å². The summed E-state index contributed by atoms with van der Waals surface area (Å²) in [6, 6.07) is 4.35. The van der Waals surface area contributed by atoms with Crippen molar-refractivity contribution in [1.82, 2.24) is 20.3 Å². The van der Waals surface area contributed by atoms with Gasteiger partial charge in [0.25, 0.3) is 0 Å². The Hall–Kier alpha value is -1.68. The number of aromatic nitrogens is 3. The molecule has 0 bridgehead atoms. The molecule has 0 aromatic carbocycles. The van der Waals surface area contributed by atoms with E-state index >= 15 is 0 Å². The third-order valence-corrected chi connectivity index (χ3v) is 2.36. The van der Waals surface area contributed by atoms with Crippen LogP contribution >= 0.6 is 0 Å². The van der Waals surface area contributed by atoms with Crippen LogP contribution in [-0.4, -0.2) is 15.0 Å². The van der Waals surface area contributed by atoms with Crippen LogP contribution in [0.1, 0.15) is 24.2 Å².